The molecule has 0 spiro atoms. The molecular formula is C19H26OSi. The molecule has 0 saturated heterocycles. The maximum atomic E-state index is 6.32. The molecule has 0 radical (unpaired) electrons. The third kappa shape index (κ3) is 3.98. The summed E-state index contributed by atoms with van der Waals surface area (Å²) in [5.74, 6) is 0.985. The van der Waals surface area contributed by atoms with E-state index in [-0.39, 0.29) is 5.04 Å². The van der Waals surface area contributed by atoms with Crippen LogP contribution in [0.2, 0.25) is 18.1 Å². The molecule has 0 fully saturated rings. The first-order valence-corrected chi connectivity index (χ1v) is 10.5. The molecule has 1 aliphatic rings. The smallest absolute Gasteiger partial charge is 0.250 e. The van der Waals surface area contributed by atoms with E-state index in [9.17, 15) is 0 Å². The Hall–Kier alpha value is -1.54. The first-order valence-electron chi connectivity index (χ1n) is 7.62. The van der Waals surface area contributed by atoms with Crippen molar-refractivity contribution in [2.24, 2.45) is 0 Å². The zero-order valence-corrected chi connectivity index (χ0v) is 14.8. The van der Waals surface area contributed by atoms with Crippen LogP contribution in [0, 0.1) is 0 Å². The Balaban J connectivity index is 2.16. The molecule has 2 rings (SSSR count). The van der Waals surface area contributed by atoms with Gasteiger partial charge in [0.15, 0.2) is 0 Å². The molecule has 112 valence electrons. The van der Waals surface area contributed by atoms with Crippen LogP contribution in [-0.2, 0) is 0 Å². The second kappa shape index (κ2) is 6.06. The predicted molar refractivity (Wildman–Crippen MR) is 95.1 cm³/mol. The van der Waals surface area contributed by atoms with Gasteiger partial charge in [0, 0.05) is 0 Å². The number of benzene rings is 1. The summed E-state index contributed by atoms with van der Waals surface area (Å²) in [4.78, 5) is 0. The lowest BCUT2D eigenvalue weighted by molar-refractivity contribution is 0.492. The van der Waals surface area contributed by atoms with E-state index in [0.29, 0.717) is 0 Å². The minimum absolute atomic E-state index is 0.225. The van der Waals surface area contributed by atoms with Crippen molar-refractivity contribution in [2.45, 2.75) is 45.3 Å². The van der Waals surface area contributed by atoms with Crippen LogP contribution in [0.15, 0.2) is 54.6 Å². The third-order valence-electron chi connectivity index (χ3n) is 4.35. The molecule has 0 aromatic heterocycles. The summed E-state index contributed by atoms with van der Waals surface area (Å²) < 4.78 is 6.32. The van der Waals surface area contributed by atoms with Gasteiger partial charge in [0.05, 0.1) is 0 Å². The molecule has 0 heterocycles. The van der Waals surface area contributed by atoms with E-state index >= 15 is 0 Å². The Morgan fingerprint density at radius 1 is 1.00 bits per heavy atom. The molecular weight excluding hydrogens is 272 g/mol. The van der Waals surface area contributed by atoms with Crippen LogP contribution in [0.1, 0.15) is 32.8 Å². The average molecular weight is 299 g/mol. The summed E-state index contributed by atoms with van der Waals surface area (Å²) in [5.41, 5.74) is 2.49. The first-order chi connectivity index (χ1) is 9.79. The van der Waals surface area contributed by atoms with Crippen LogP contribution >= 0.6 is 0 Å². The fourth-order valence-electron chi connectivity index (χ4n) is 1.94. The quantitative estimate of drug-likeness (QED) is 0.625. The zero-order valence-electron chi connectivity index (χ0n) is 13.8. The van der Waals surface area contributed by atoms with Crippen molar-refractivity contribution < 1.29 is 4.43 Å². The average Bonchev–Trinajstić information content (AvgIpc) is 2.67. The summed E-state index contributed by atoms with van der Waals surface area (Å²) in [6.07, 6.45) is 11.8. The van der Waals surface area contributed by atoms with Crippen LogP contribution < -0.4 is 4.43 Å². The standard InChI is InChI=1S/C19H26OSi/c1-19(2,3)21(4,5)20-18-14-12-17(13-15-18)16-10-8-6-7-9-11-16/h6,8-15H,7H2,1-5H3. The fraction of sp³-hybridized carbons (Fsp3) is 0.368. The molecule has 1 aliphatic carbocycles. The maximum absolute atomic E-state index is 6.32. The van der Waals surface area contributed by atoms with E-state index in [0.717, 1.165) is 12.2 Å². The van der Waals surface area contributed by atoms with Crippen molar-refractivity contribution in [2.75, 3.05) is 0 Å². The van der Waals surface area contributed by atoms with Crippen molar-refractivity contribution in [3.05, 3.63) is 60.2 Å². The van der Waals surface area contributed by atoms with Gasteiger partial charge in [0.2, 0.25) is 8.32 Å². The molecule has 0 aliphatic heterocycles. The van der Waals surface area contributed by atoms with Crippen molar-refractivity contribution in [3.8, 4) is 5.75 Å². The largest absolute Gasteiger partial charge is 0.544 e. The summed E-state index contributed by atoms with van der Waals surface area (Å²) in [7, 11) is -1.75. The van der Waals surface area contributed by atoms with Gasteiger partial charge in [-0.15, -0.1) is 0 Å². The van der Waals surface area contributed by atoms with Crippen molar-refractivity contribution >= 4 is 13.9 Å². The van der Waals surface area contributed by atoms with Gasteiger partial charge in [-0.2, -0.15) is 0 Å². The number of rotatable bonds is 3. The number of allylic oxidation sites excluding steroid dienone is 6. The Morgan fingerprint density at radius 3 is 2.29 bits per heavy atom. The molecule has 0 unspecified atom stereocenters. The molecule has 0 saturated carbocycles. The van der Waals surface area contributed by atoms with Gasteiger partial charge in [0.1, 0.15) is 5.75 Å². The van der Waals surface area contributed by atoms with Crippen molar-refractivity contribution in [1.29, 1.82) is 0 Å². The highest BCUT2D eigenvalue weighted by molar-refractivity contribution is 6.74. The van der Waals surface area contributed by atoms with E-state index in [2.05, 4.69) is 88.5 Å². The number of hydrogen-bond donors (Lipinski definition) is 0. The van der Waals surface area contributed by atoms with Crippen LogP contribution in [0.3, 0.4) is 0 Å². The van der Waals surface area contributed by atoms with Crippen LogP contribution in [0.25, 0.3) is 5.57 Å². The lowest BCUT2D eigenvalue weighted by Crippen LogP contribution is -2.43. The Morgan fingerprint density at radius 2 is 1.67 bits per heavy atom. The summed E-state index contributed by atoms with van der Waals surface area (Å²) in [6, 6.07) is 8.49. The van der Waals surface area contributed by atoms with Gasteiger partial charge >= 0.3 is 0 Å². The molecule has 2 heteroatoms. The fourth-order valence-corrected chi connectivity index (χ4v) is 2.97. The van der Waals surface area contributed by atoms with Gasteiger partial charge < -0.3 is 4.43 Å². The van der Waals surface area contributed by atoms with E-state index in [1.807, 2.05) is 0 Å². The molecule has 0 amide bonds. The van der Waals surface area contributed by atoms with E-state index < -0.39 is 8.32 Å². The normalized spacial score (nSPS) is 15.6. The van der Waals surface area contributed by atoms with E-state index in [4.69, 9.17) is 4.43 Å². The Kier molecular flexibility index (Phi) is 4.57. The Bertz CT molecular complexity index is 569. The summed E-state index contributed by atoms with van der Waals surface area (Å²) in [5, 5.41) is 0.225. The second-order valence-electron chi connectivity index (χ2n) is 7.07. The molecule has 0 N–H and O–H groups in total. The highest BCUT2D eigenvalue weighted by Crippen LogP contribution is 2.37. The van der Waals surface area contributed by atoms with Gasteiger partial charge in [0.25, 0.3) is 0 Å². The minimum atomic E-state index is -1.75. The molecule has 1 nitrogen and oxygen atoms in total. The molecule has 1 aromatic carbocycles. The van der Waals surface area contributed by atoms with Crippen LogP contribution in [-0.4, -0.2) is 8.32 Å². The minimum Gasteiger partial charge on any atom is -0.544 e. The lowest BCUT2D eigenvalue weighted by Gasteiger charge is -2.36. The first kappa shape index (κ1) is 15.8. The topological polar surface area (TPSA) is 9.23 Å². The number of hydrogen-bond acceptors (Lipinski definition) is 1. The second-order valence-corrected chi connectivity index (χ2v) is 11.8. The van der Waals surface area contributed by atoms with Gasteiger partial charge in [-0.05, 0) is 47.8 Å². The SMILES string of the molecule is CC(C)(C)[Si](C)(C)Oc1ccc(C2=CC=CCC=C2)cc1. The van der Waals surface area contributed by atoms with Crippen LogP contribution in [0.5, 0.6) is 5.75 Å². The third-order valence-corrected chi connectivity index (χ3v) is 8.71. The highest BCUT2D eigenvalue weighted by Gasteiger charge is 2.38. The van der Waals surface area contributed by atoms with Gasteiger partial charge in [-0.3, -0.25) is 0 Å². The van der Waals surface area contributed by atoms with Crippen LogP contribution in [0.4, 0.5) is 0 Å². The van der Waals surface area contributed by atoms with Crippen molar-refractivity contribution in [3.63, 3.8) is 0 Å². The van der Waals surface area contributed by atoms with Gasteiger partial charge in [-0.25, -0.2) is 0 Å². The lowest BCUT2D eigenvalue weighted by atomic mass is 10.1. The zero-order chi connectivity index (χ0) is 15.5. The monoisotopic (exact) mass is 298 g/mol. The summed E-state index contributed by atoms with van der Waals surface area (Å²) >= 11 is 0. The molecule has 0 atom stereocenters. The molecule has 21 heavy (non-hydrogen) atoms. The van der Waals surface area contributed by atoms with E-state index in [1.165, 1.54) is 11.1 Å². The van der Waals surface area contributed by atoms with Gasteiger partial charge in [-0.1, -0.05) is 63.3 Å². The predicted octanol–water partition coefficient (Wildman–Crippen LogP) is 5.97. The molecule has 1 aromatic rings. The molecule has 0 bridgehead atoms. The Labute approximate surface area is 130 Å². The van der Waals surface area contributed by atoms with Crippen molar-refractivity contribution in [1.82, 2.24) is 0 Å². The maximum Gasteiger partial charge on any atom is 0.250 e. The van der Waals surface area contributed by atoms with E-state index in [1.54, 1.807) is 0 Å². The summed E-state index contributed by atoms with van der Waals surface area (Å²) in [6.45, 7) is 11.4. The highest BCUT2D eigenvalue weighted by atomic mass is 28.4.